The van der Waals surface area contributed by atoms with Gasteiger partial charge in [-0.2, -0.15) is 11.8 Å². The first-order valence-electron chi connectivity index (χ1n) is 7.51. The van der Waals surface area contributed by atoms with E-state index in [1.54, 1.807) is 0 Å². The second kappa shape index (κ2) is 4.85. The third-order valence-electron chi connectivity index (χ3n) is 4.65. The van der Waals surface area contributed by atoms with Gasteiger partial charge in [0.05, 0.1) is 5.60 Å². The van der Waals surface area contributed by atoms with Crippen LogP contribution in [0.2, 0.25) is 0 Å². The number of thioether (sulfide) groups is 1. The molecule has 3 aliphatic heterocycles. The minimum Gasteiger partial charge on any atom is -0.486 e. The number of hydrogen-bond donors (Lipinski definition) is 1. The summed E-state index contributed by atoms with van der Waals surface area (Å²) < 4.78 is 11.2. The van der Waals surface area contributed by atoms with E-state index < -0.39 is 5.60 Å². The van der Waals surface area contributed by atoms with E-state index in [9.17, 15) is 5.11 Å². The summed E-state index contributed by atoms with van der Waals surface area (Å²) in [5.41, 5.74) is 0.315. The number of aliphatic hydroxyl groups is 1. The Morgan fingerprint density at radius 1 is 1.05 bits per heavy atom. The fourth-order valence-corrected chi connectivity index (χ4v) is 5.58. The molecular weight excluding hydrogens is 272 g/mol. The lowest BCUT2D eigenvalue weighted by Gasteiger charge is -2.44. The van der Waals surface area contributed by atoms with Crippen molar-refractivity contribution < 1.29 is 14.6 Å². The SMILES string of the molecule is OC1(c2ccc3c(c2)OCCO3)CC2CCCC(C1)S2. The van der Waals surface area contributed by atoms with Crippen molar-refractivity contribution in [3.63, 3.8) is 0 Å². The molecule has 0 radical (unpaired) electrons. The molecule has 2 bridgehead atoms. The molecule has 0 saturated carbocycles. The van der Waals surface area contributed by atoms with Crippen LogP contribution in [0.25, 0.3) is 0 Å². The van der Waals surface area contributed by atoms with Crippen LogP contribution in [0, 0.1) is 0 Å². The third kappa shape index (κ3) is 2.19. The third-order valence-corrected chi connectivity index (χ3v) is 6.22. The highest BCUT2D eigenvalue weighted by molar-refractivity contribution is 8.00. The Bertz CT molecular complexity index is 504. The topological polar surface area (TPSA) is 38.7 Å². The van der Waals surface area contributed by atoms with Crippen LogP contribution in [0.4, 0.5) is 0 Å². The van der Waals surface area contributed by atoms with Crippen molar-refractivity contribution in [1.29, 1.82) is 0 Å². The van der Waals surface area contributed by atoms with Gasteiger partial charge < -0.3 is 14.6 Å². The molecule has 2 fully saturated rings. The molecule has 1 aromatic carbocycles. The highest BCUT2D eigenvalue weighted by Crippen LogP contribution is 2.50. The molecular formula is C16H20O3S. The monoisotopic (exact) mass is 292 g/mol. The summed E-state index contributed by atoms with van der Waals surface area (Å²) in [6, 6.07) is 5.94. The maximum atomic E-state index is 11.1. The summed E-state index contributed by atoms with van der Waals surface area (Å²) in [6.45, 7) is 1.20. The molecule has 4 heteroatoms. The molecule has 2 unspecified atom stereocenters. The predicted molar refractivity (Wildman–Crippen MR) is 79.6 cm³/mol. The largest absolute Gasteiger partial charge is 0.486 e. The molecule has 3 aliphatic rings. The van der Waals surface area contributed by atoms with Crippen LogP contribution >= 0.6 is 11.8 Å². The Kier molecular flexibility index (Phi) is 3.11. The highest BCUT2D eigenvalue weighted by Gasteiger charge is 2.42. The van der Waals surface area contributed by atoms with Gasteiger partial charge in [-0.1, -0.05) is 12.5 Å². The lowest BCUT2D eigenvalue weighted by Crippen LogP contribution is -2.40. The van der Waals surface area contributed by atoms with E-state index in [2.05, 4.69) is 11.8 Å². The second-order valence-electron chi connectivity index (χ2n) is 6.11. The maximum Gasteiger partial charge on any atom is 0.161 e. The quantitative estimate of drug-likeness (QED) is 0.863. The standard InChI is InChI=1S/C16H20O3S/c17-16(9-12-2-1-3-13(10-16)20-12)11-4-5-14-15(8-11)19-7-6-18-14/h4-5,8,12-13,17H,1-3,6-7,9-10H2. The van der Waals surface area contributed by atoms with Gasteiger partial charge in [0.2, 0.25) is 0 Å². The molecule has 1 aromatic rings. The summed E-state index contributed by atoms with van der Waals surface area (Å²) in [4.78, 5) is 0. The molecule has 4 rings (SSSR count). The van der Waals surface area contributed by atoms with E-state index in [4.69, 9.17) is 9.47 Å². The number of benzene rings is 1. The molecule has 20 heavy (non-hydrogen) atoms. The molecule has 2 atom stereocenters. The van der Waals surface area contributed by atoms with Crippen LogP contribution in [0.3, 0.4) is 0 Å². The second-order valence-corrected chi connectivity index (χ2v) is 7.71. The average molecular weight is 292 g/mol. The van der Waals surface area contributed by atoms with Crippen LogP contribution in [-0.4, -0.2) is 28.8 Å². The van der Waals surface area contributed by atoms with Crippen LogP contribution in [0.5, 0.6) is 11.5 Å². The van der Waals surface area contributed by atoms with Gasteiger partial charge in [0.25, 0.3) is 0 Å². The normalized spacial score (nSPS) is 35.6. The van der Waals surface area contributed by atoms with Crippen molar-refractivity contribution in [3.05, 3.63) is 23.8 Å². The lowest BCUT2D eigenvalue weighted by atomic mass is 9.80. The summed E-state index contributed by atoms with van der Waals surface area (Å²) in [7, 11) is 0. The van der Waals surface area contributed by atoms with Crippen molar-refractivity contribution in [2.24, 2.45) is 0 Å². The summed E-state index contributed by atoms with van der Waals surface area (Å²) in [6.07, 6.45) is 5.54. The average Bonchev–Trinajstić information content (AvgIpc) is 2.46. The van der Waals surface area contributed by atoms with E-state index in [1.807, 2.05) is 18.2 Å². The van der Waals surface area contributed by atoms with Gasteiger partial charge in [-0.25, -0.2) is 0 Å². The Hall–Kier alpha value is -0.870. The van der Waals surface area contributed by atoms with Crippen molar-refractivity contribution in [1.82, 2.24) is 0 Å². The van der Waals surface area contributed by atoms with Gasteiger partial charge >= 0.3 is 0 Å². The fourth-order valence-electron chi connectivity index (χ4n) is 3.69. The molecule has 3 nitrogen and oxygen atoms in total. The van der Waals surface area contributed by atoms with Gasteiger partial charge in [-0.15, -0.1) is 0 Å². The maximum absolute atomic E-state index is 11.1. The first kappa shape index (κ1) is 12.8. The molecule has 0 amide bonds. The van der Waals surface area contributed by atoms with Crippen LogP contribution in [-0.2, 0) is 5.60 Å². The van der Waals surface area contributed by atoms with Gasteiger partial charge in [-0.3, -0.25) is 0 Å². The number of rotatable bonds is 1. The molecule has 0 aromatic heterocycles. The van der Waals surface area contributed by atoms with E-state index >= 15 is 0 Å². The van der Waals surface area contributed by atoms with Crippen molar-refractivity contribution in [2.45, 2.75) is 48.2 Å². The van der Waals surface area contributed by atoms with E-state index in [0.29, 0.717) is 23.7 Å². The van der Waals surface area contributed by atoms with Crippen LogP contribution in [0.15, 0.2) is 18.2 Å². The fraction of sp³-hybridized carbons (Fsp3) is 0.625. The minimum atomic E-state index is -0.684. The summed E-state index contributed by atoms with van der Waals surface area (Å²) in [5, 5.41) is 12.4. The van der Waals surface area contributed by atoms with Gasteiger partial charge in [0, 0.05) is 10.5 Å². The molecule has 108 valence electrons. The molecule has 1 N–H and O–H groups in total. The smallest absolute Gasteiger partial charge is 0.161 e. The predicted octanol–water partition coefficient (Wildman–Crippen LogP) is 3.09. The number of ether oxygens (including phenoxy) is 2. The van der Waals surface area contributed by atoms with Crippen molar-refractivity contribution in [3.8, 4) is 11.5 Å². The summed E-state index contributed by atoms with van der Waals surface area (Å²) >= 11 is 2.08. The van der Waals surface area contributed by atoms with E-state index in [0.717, 1.165) is 29.9 Å². The number of fused-ring (bicyclic) bond motifs is 3. The first-order valence-corrected chi connectivity index (χ1v) is 8.45. The zero-order chi connectivity index (χ0) is 13.6. The van der Waals surface area contributed by atoms with Gasteiger partial charge in [0.15, 0.2) is 11.5 Å². The van der Waals surface area contributed by atoms with Gasteiger partial charge in [-0.05, 0) is 43.4 Å². The van der Waals surface area contributed by atoms with Crippen LogP contribution < -0.4 is 9.47 Å². The Morgan fingerprint density at radius 2 is 1.75 bits per heavy atom. The minimum absolute atomic E-state index is 0.593. The Labute approximate surface area is 123 Å². The number of hydrogen-bond acceptors (Lipinski definition) is 4. The molecule has 0 spiro atoms. The van der Waals surface area contributed by atoms with E-state index in [1.165, 1.54) is 19.3 Å². The van der Waals surface area contributed by atoms with Gasteiger partial charge in [0.1, 0.15) is 13.2 Å². The highest BCUT2D eigenvalue weighted by atomic mass is 32.2. The van der Waals surface area contributed by atoms with Crippen molar-refractivity contribution in [2.75, 3.05) is 13.2 Å². The molecule has 2 saturated heterocycles. The molecule has 0 aliphatic carbocycles. The van der Waals surface area contributed by atoms with E-state index in [-0.39, 0.29) is 0 Å². The zero-order valence-electron chi connectivity index (χ0n) is 11.5. The lowest BCUT2D eigenvalue weighted by molar-refractivity contribution is 0.00769. The Balaban J connectivity index is 1.65. The van der Waals surface area contributed by atoms with Crippen molar-refractivity contribution >= 4 is 11.8 Å². The Morgan fingerprint density at radius 3 is 2.50 bits per heavy atom. The summed E-state index contributed by atoms with van der Waals surface area (Å²) in [5.74, 6) is 1.58. The molecule has 3 heterocycles. The first-order chi connectivity index (χ1) is 9.73. The zero-order valence-corrected chi connectivity index (χ0v) is 12.3. The van der Waals surface area contributed by atoms with Crippen LogP contribution in [0.1, 0.15) is 37.7 Å².